The van der Waals surface area contributed by atoms with Crippen molar-refractivity contribution >= 4 is 17.2 Å². The fraction of sp³-hybridized carbons (Fsp3) is 0.286. The van der Waals surface area contributed by atoms with E-state index in [-0.39, 0.29) is 18.7 Å². The standard InChI is InChI=1S/C14H15N3O3S/c1-8(15)14-17-10(6-21-14)13(18)16-5-9-3-2-4-11-12(9)20-7-19-11/h2-4,6,8H,5,7,15H2,1H3,(H,16,18). The number of fused-ring (bicyclic) bond motifs is 1. The highest BCUT2D eigenvalue weighted by Crippen LogP contribution is 2.35. The maximum Gasteiger partial charge on any atom is 0.271 e. The van der Waals surface area contributed by atoms with E-state index in [0.717, 1.165) is 10.6 Å². The summed E-state index contributed by atoms with van der Waals surface area (Å²) in [5.41, 5.74) is 7.00. The van der Waals surface area contributed by atoms with Gasteiger partial charge in [-0.05, 0) is 13.0 Å². The van der Waals surface area contributed by atoms with Crippen LogP contribution in [0.5, 0.6) is 11.5 Å². The third-order valence-electron chi connectivity index (χ3n) is 3.06. The van der Waals surface area contributed by atoms with Crippen molar-refractivity contribution in [3.05, 3.63) is 39.8 Å². The van der Waals surface area contributed by atoms with Crippen molar-refractivity contribution in [2.24, 2.45) is 5.73 Å². The summed E-state index contributed by atoms with van der Waals surface area (Å²) in [6, 6.07) is 5.43. The van der Waals surface area contributed by atoms with Gasteiger partial charge in [-0.1, -0.05) is 12.1 Å². The minimum absolute atomic E-state index is 0.167. The van der Waals surface area contributed by atoms with Gasteiger partial charge in [0.2, 0.25) is 6.79 Å². The van der Waals surface area contributed by atoms with Crippen LogP contribution in [0.2, 0.25) is 0 Å². The Morgan fingerprint density at radius 3 is 3.14 bits per heavy atom. The van der Waals surface area contributed by atoms with Crippen LogP contribution in [0.4, 0.5) is 0 Å². The molecule has 1 unspecified atom stereocenters. The number of carbonyl (C=O) groups is 1. The van der Waals surface area contributed by atoms with Crippen LogP contribution < -0.4 is 20.5 Å². The molecule has 0 fully saturated rings. The molecule has 1 amide bonds. The van der Waals surface area contributed by atoms with Crippen molar-refractivity contribution in [3.63, 3.8) is 0 Å². The number of hydrogen-bond acceptors (Lipinski definition) is 6. The summed E-state index contributed by atoms with van der Waals surface area (Å²) in [5.74, 6) is 1.16. The van der Waals surface area contributed by atoms with E-state index in [1.54, 1.807) is 5.38 Å². The molecule has 6 nitrogen and oxygen atoms in total. The number of thiazole rings is 1. The van der Waals surface area contributed by atoms with E-state index in [4.69, 9.17) is 15.2 Å². The molecule has 3 N–H and O–H groups in total. The topological polar surface area (TPSA) is 86.5 Å². The molecule has 1 aliphatic heterocycles. The second kappa shape index (κ2) is 5.71. The molecule has 1 aromatic carbocycles. The first-order valence-electron chi connectivity index (χ1n) is 6.52. The summed E-state index contributed by atoms with van der Waals surface area (Å²) in [6.45, 7) is 2.41. The maximum atomic E-state index is 12.1. The van der Waals surface area contributed by atoms with E-state index in [1.165, 1.54) is 11.3 Å². The Morgan fingerprint density at radius 1 is 1.52 bits per heavy atom. The van der Waals surface area contributed by atoms with Crippen molar-refractivity contribution in [1.29, 1.82) is 0 Å². The number of benzene rings is 1. The number of amides is 1. The number of para-hydroxylation sites is 1. The van der Waals surface area contributed by atoms with Crippen LogP contribution in [0.1, 0.15) is 34.0 Å². The largest absolute Gasteiger partial charge is 0.454 e. The molecule has 0 aliphatic carbocycles. The highest BCUT2D eigenvalue weighted by atomic mass is 32.1. The normalized spacial score (nSPS) is 14.0. The van der Waals surface area contributed by atoms with E-state index in [0.29, 0.717) is 23.7 Å². The highest BCUT2D eigenvalue weighted by molar-refractivity contribution is 7.09. The quantitative estimate of drug-likeness (QED) is 0.900. The van der Waals surface area contributed by atoms with Crippen molar-refractivity contribution in [3.8, 4) is 11.5 Å². The second-order valence-corrected chi connectivity index (χ2v) is 5.58. The Balaban J connectivity index is 1.67. The molecule has 0 saturated carbocycles. The molecule has 1 aliphatic rings. The van der Waals surface area contributed by atoms with Gasteiger partial charge in [0, 0.05) is 17.5 Å². The lowest BCUT2D eigenvalue weighted by Gasteiger charge is -2.06. The summed E-state index contributed by atoms with van der Waals surface area (Å²) in [5, 5.41) is 5.29. The molecule has 7 heteroatoms. The lowest BCUT2D eigenvalue weighted by atomic mass is 10.2. The van der Waals surface area contributed by atoms with Gasteiger partial charge in [0.15, 0.2) is 11.5 Å². The number of carbonyl (C=O) groups excluding carboxylic acids is 1. The summed E-state index contributed by atoms with van der Waals surface area (Å²) < 4.78 is 10.7. The number of nitrogens with two attached hydrogens (primary N) is 1. The van der Waals surface area contributed by atoms with Crippen molar-refractivity contribution in [2.75, 3.05) is 6.79 Å². The van der Waals surface area contributed by atoms with Gasteiger partial charge in [0.25, 0.3) is 5.91 Å². The van der Waals surface area contributed by atoms with E-state index in [2.05, 4.69) is 10.3 Å². The Labute approximate surface area is 125 Å². The van der Waals surface area contributed by atoms with Crippen LogP contribution in [-0.4, -0.2) is 17.7 Å². The average Bonchev–Trinajstić information content (AvgIpc) is 3.13. The van der Waals surface area contributed by atoms with Crippen LogP contribution in [0.15, 0.2) is 23.6 Å². The molecule has 0 bridgehead atoms. The predicted octanol–water partition coefficient (Wildman–Crippen LogP) is 1.82. The first kappa shape index (κ1) is 13.8. The first-order valence-corrected chi connectivity index (χ1v) is 7.40. The van der Waals surface area contributed by atoms with Crippen LogP contribution in [0.25, 0.3) is 0 Å². The van der Waals surface area contributed by atoms with Gasteiger partial charge in [-0.3, -0.25) is 4.79 Å². The highest BCUT2D eigenvalue weighted by Gasteiger charge is 2.18. The van der Waals surface area contributed by atoms with Crippen molar-refractivity contribution in [1.82, 2.24) is 10.3 Å². The summed E-state index contributed by atoms with van der Waals surface area (Å²) in [7, 11) is 0. The zero-order chi connectivity index (χ0) is 14.8. The van der Waals surface area contributed by atoms with Crippen LogP contribution >= 0.6 is 11.3 Å². The smallest absolute Gasteiger partial charge is 0.271 e. The molecular weight excluding hydrogens is 290 g/mol. The van der Waals surface area contributed by atoms with Gasteiger partial charge in [-0.2, -0.15) is 0 Å². The van der Waals surface area contributed by atoms with Crippen LogP contribution in [-0.2, 0) is 6.54 Å². The predicted molar refractivity (Wildman–Crippen MR) is 78.5 cm³/mol. The Hall–Kier alpha value is -2.12. The Kier molecular flexibility index (Phi) is 3.76. The lowest BCUT2D eigenvalue weighted by molar-refractivity contribution is 0.0946. The third-order valence-corrected chi connectivity index (χ3v) is 4.11. The number of nitrogens with one attached hydrogen (secondary N) is 1. The van der Waals surface area contributed by atoms with Gasteiger partial charge < -0.3 is 20.5 Å². The molecule has 2 aromatic rings. The van der Waals surface area contributed by atoms with E-state index in [9.17, 15) is 4.79 Å². The number of ether oxygens (including phenoxy) is 2. The molecule has 0 radical (unpaired) electrons. The molecule has 110 valence electrons. The van der Waals surface area contributed by atoms with Gasteiger partial charge in [-0.25, -0.2) is 4.98 Å². The Morgan fingerprint density at radius 2 is 2.38 bits per heavy atom. The minimum Gasteiger partial charge on any atom is -0.454 e. The molecule has 1 aromatic heterocycles. The zero-order valence-corrected chi connectivity index (χ0v) is 12.3. The third kappa shape index (κ3) is 2.84. The molecule has 1 atom stereocenters. The molecule has 2 heterocycles. The molecule has 3 rings (SSSR count). The monoisotopic (exact) mass is 305 g/mol. The number of nitrogens with zero attached hydrogens (tertiary/aromatic N) is 1. The van der Waals surface area contributed by atoms with Crippen LogP contribution in [0, 0.1) is 0 Å². The molecule has 21 heavy (non-hydrogen) atoms. The maximum absolute atomic E-state index is 12.1. The first-order chi connectivity index (χ1) is 10.1. The number of hydrogen-bond donors (Lipinski definition) is 2. The molecular formula is C14H15N3O3S. The summed E-state index contributed by atoms with van der Waals surface area (Å²) in [4.78, 5) is 16.3. The number of aromatic nitrogens is 1. The van der Waals surface area contributed by atoms with Crippen molar-refractivity contribution in [2.45, 2.75) is 19.5 Å². The van der Waals surface area contributed by atoms with Crippen LogP contribution in [0.3, 0.4) is 0 Å². The van der Waals surface area contributed by atoms with Gasteiger partial charge >= 0.3 is 0 Å². The summed E-state index contributed by atoms with van der Waals surface area (Å²) >= 11 is 1.39. The van der Waals surface area contributed by atoms with E-state index >= 15 is 0 Å². The van der Waals surface area contributed by atoms with Gasteiger partial charge in [-0.15, -0.1) is 11.3 Å². The fourth-order valence-electron chi connectivity index (χ4n) is 2.00. The van der Waals surface area contributed by atoms with Crippen molar-refractivity contribution < 1.29 is 14.3 Å². The summed E-state index contributed by atoms with van der Waals surface area (Å²) in [6.07, 6.45) is 0. The second-order valence-electron chi connectivity index (χ2n) is 4.69. The molecule has 0 saturated heterocycles. The zero-order valence-electron chi connectivity index (χ0n) is 11.5. The van der Waals surface area contributed by atoms with E-state index < -0.39 is 0 Å². The van der Waals surface area contributed by atoms with Gasteiger partial charge in [0.05, 0.1) is 6.04 Å². The van der Waals surface area contributed by atoms with Gasteiger partial charge in [0.1, 0.15) is 10.7 Å². The fourth-order valence-corrected chi connectivity index (χ4v) is 2.75. The minimum atomic E-state index is -0.227. The number of rotatable bonds is 4. The average molecular weight is 305 g/mol. The lowest BCUT2D eigenvalue weighted by Crippen LogP contribution is -2.23. The molecule has 0 spiro atoms. The Bertz CT molecular complexity index is 669. The SMILES string of the molecule is CC(N)c1nc(C(=O)NCc2cccc3c2OCO3)cs1. The van der Waals surface area contributed by atoms with E-state index in [1.807, 2.05) is 25.1 Å².